The Labute approximate surface area is 311 Å². The highest BCUT2D eigenvalue weighted by Crippen LogP contribution is 2.43. The summed E-state index contributed by atoms with van der Waals surface area (Å²) in [7, 11) is 0. The first-order valence-corrected chi connectivity index (χ1v) is 18.3. The summed E-state index contributed by atoms with van der Waals surface area (Å²) in [6.07, 6.45) is 0. The van der Waals surface area contributed by atoms with Crippen molar-refractivity contribution >= 4 is 54.6 Å². The van der Waals surface area contributed by atoms with Crippen LogP contribution in [0.25, 0.3) is 105 Å². The van der Waals surface area contributed by atoms with E-state index in [9.17, 15) is 0 Å². The van der Waals surface area contributed by atoms with E-state index < -0.39 is 0 Å². The summed E-state index contributed by atoms with van der Waals surface area (Å²) >= 11 is 0. The van der Waals surface area contributed by atoms with Gasteiger partial charge in [0.05, 0.1) is 27.9 Å². The van der Waals surface area contributed by atoms with Crippen LogP contribution < -0.4 is 0 Å². The average Bonchev–Trinajstić information content (AvgIpc) is 3.80. The molecule has 0 bridgehead atoms. The Bertz CT molecular complexity index is 3200. The van der Waals surface area contributed by atoms with Crippen LogP contribution in [-0.4, -0.2) is 14.5 Å². The normalized spacial score (nSPS) is 11.7. The van der Waals surface area contributed by atoms with Crippen molar-refractivity contribution in [3.8, 4) is 50.6 Å². The van der Waals surface area contributed by atoms with Gasteiger partial charge in [0.15, 0.2) is 11.4 Å². The van der Waals surface area contributed by atoms with Crippen LogP contribution in [0.4, 0.5) is 0 Å². The number of rotatable bonds is 5. The molecule has 0 atom stereocenters. The predicted molar refractivity (Wildman–Crippen MR) is 223 cm³/mol. The number of para-hydroxylation sites is 3. The second kappa shape index (κ2) is 12.1. The fourth-order valence-corrected chi connectivity index (χ4v) is 8.20. The lowest BCUT2D eigenvalue weighted by atomic mass is 9.99. The first-order chi connectivity index (χ1) is 26.8. The molecular formula is C50H31N3O. The Morgan fingerprint density at radius 1 is 0.389 bits per heavy atom. The minimum absolute atomic E-state index is 0.666. The topological polar surface area (TPSA) is 43.9 Å². The molecule has 11 aromatic rings. The molecule has 0 unspecified atom stereocenters. The standard InChI is InChI=1S/C50H31N3O/c1-3-14-32(15-4-1)33-28-30-35(31-29-33)48-37-18-7-9-23-41(37)51-50(52-48)40-22-13-27-45-47(40)39-21-12-26-44(49(39)54-45)53-42-24-10-8-19-38(42)46-36(20-11-25-43(46)53)34-16-5-2-6-17-34/h1-31H. The van der Waals surface area contributed by atoms with Gasteiger partial charge in [-0.1, -0.05) is 158 Å². The molecule has 0 saturated carbocycles. The molecular weight excluding hydrogens is 659 g/mol. The first kappa shape index (κ1) is 30.3. The van der Waals surface area contributed by atoms with Gasteiger partial charge < -0.3 is 8.98 Å². The molecule has 3 heterocycles. The van der Waals surface area contributed by atoms with Gasteiger partial charge in [0, 0.05) is 38.1 Å². The third-order valence-electron chi connectivity index (χ3n) is 10.6. The highest BCUT2D eigenvalue weighted by Gasteiger charge is 2.22. The molecule has 0 aliphatic heterocycles. The van der Waals surface area contributed by atoms with Crippen molar-refractivity contribution < 1.29 is 4.42 Å². The number of hydrogen-bond acceptors (Lipinski definition) is 3. The SMILES string of the molecule is c1ccc(-c2ccc(-c3nc(-c4cccc5oc6c(-n7c8ccccc8c8c(-c9ccccc9)cccc87)cccc6c45)nc4ccccc34)cc2)cc1. The summed E-state index contributed by atoms with van der Waals surface area (Å²) in [5.74, 6) is 0.666. The van der Waals surface area contributed by atoms with E-state index in [4.69, 9.17) is 14.4 Å². The van der Waals surface area contributed by atoms with Crippen molar-refractivity contribution in [3.05, 3.63) is 188 Å². The first-order valence-electron chi connectivity index (χ1n) is 18.3. The lowest BCUT2D eigenvalue weighted by Crippen LogP contribution is -1.96. The zero-order valence-corrected chi connectivity index (χ0v) is 29.1. The second-order valence-electron chi connectivity index (χ2n) is 13.7. The van der Waals surface area contributed by atoms with Crippen LogP contribution in [0, 0.1) is 0 Å². The Hall–Kier alpha value is -7.30. The van der Waals surface area contributed by atoms with Crippen LogP contribution in [0.3, 0.4) is 0 Å². The molecule has 0 N–H and O–H groups in total. The number of furan rings is 1. The summed E-state index contributed by atoms with van der Waals surface area (Å²) in [4.78, 5) is 10.5. The van der Waals surface area contributed by atoms with E-state index in [1.807, 2.05) is 24.3 Å². The van der Waals surface area contributed by atoms with Crippen LogP contribution in [0.15, 0.2) is 192 Å². The Morgan fingerprint density at radius 3 is 1.83 bits per heavy atom. The summed E-state index contributed by atoms with van der Waals surface area (Å²) in [6.45, 7) is 0. The zero-order valence-electron chi connectivity index (χ0n) is 29.1. The zero-order chi connectivity index (χ0) is 35.6. The fourth-order valence-electron chi connectivity index (χ4n) is 8.20. The lowest BCUT2D eigenvalue weighted by Gasteiger charge is -2.11. The number of aromatic nitrogens is 3. The molecule has 11 rings (SSSR count). The van der Waals surface area contributed by atoms with Gasteiger partial charge in [0.1, 0.15) is 5.58 Å². The van der Waals surface area contributed by atoms with Crippen LogP contribution in [0.2, 0.25) is 0 Å². The maximum atomic E-state index is 6.86. The van der Waals surface area contributed by atoms with Gasteiger partial charge in [-0.2, -0.15) is 0 Å². The maximum absolute atomic E-state index is 6.86. The van der Waals surface area contributed by atoms with Crippen molar-refractivity contribution in [2.24, 2.45) is 0 Å². The van der Waals surface area contributed by atoms with Gasteiger partial charge >= 0.3 is 0 Å². The minimum atomic E-state index is 0.666. The smallest absolute Gasteiger partial charge is 0.161 e. The van der Waals surface area contributed by atoms with E-state index in [-0.39, 0.29) is 0 Å². The molecule has 0 aliphatic rings. The Balaban J connectivity index is 1.12. The summed E-state index contributed by atoms with van der Waals surface area (Å²) in [5.41, 5.74) is 13.4. The van der Waals surface area contributed by atoms with Crippen LogP contribution >= 0.6 is 0 Å². The van der Waals surface area contributed by atoms with Gasteiger partial charge in [-0.3, -0.25) is 0 Å². The van der Waals surface area contributed by atoms with Crippen molar-refractivity contribution in [3.63, 3.8) is 0 Å². The van der Waals surface area contributed by atoms with Crippen LogP contribution in [-0.2, 0) is 0 Å². The predicted octanol–water partition coefficient (Wildman–Crippen LogP) is 13.3. The molecule has 0 aliphatic carbocycles. The van der Waals surface area contributed by atoms with Crippen molar-refractivity contribution in [1.29, 1.82) is 0 Å². The third-order valence-corrected chi connectivity index (χ3v) is 10.6. The van der Waals surface area contributed by atoms with Gasteiger partial charge in [-0.05, 0) is 52.6 Å². The molecule has 0 saturated heterocycles. The van der Waals surface area contributed by atoms with Crippen molar-refractivity contribution in [1.82, 2.24) is 14.5 Å². The molecule has 4 nitrogen and oxygen atoms in total. The fraction of sp³-hybridized carbons (Fsp3) is 0. The highest BCUT2D eigenvalue weighted by atomic mass is 16.3. The molecule has 0 amide bonds. The van der Waals surface area contributed by atoms with E-state index in [0.717, 1.165) is 66.4 Å². The second-order valence-corrected chi connectivity index (χ2v) is 13.7. The molecule has 0 radical (unpaired) electrons. The van der Waals surface area contributed by atoms with E-state index >= 15 is 0 Å². The number of fused-ring (bicyclic) bond motifs is 7. The Morgan fingerprint density at radius 2 is 1.00 bits per heavy atom. The molecule has 252 valence electrons. The number of hydrogen-bond donors (Lipinski definition) is 0. The van der Waals surface area contributed by atoms with Gasteiger partial charge in [-0.25, -0.2) is 9.97 Å². The molecule has 54 heavy (non-hydrogen) atoms. The maximum Gasteiger partial charge on any atom is 0.161 e. The van der Waals surface area contributed by atoms with Crippen molar-refractivity contribution in [2.75, 3.05) is 0 Å². The lowest BCUT2D eigenvalue weighted by molar-refractivity contribution is 0.666. The third kappa shape index (κ3) is 4.70. The molecule has 3 aromatic heterocycles. The minimum Gasteiger partial charge on any atom is -0.454 e. The highest BCUT2D eigenvalue weighted by molar-refractivity contribution is 6.18. The summed E-state index contributed by atoms with van der Waals surface area (Å²) in [6, 6.07) is 65.9. The van der Waals surface area contributed by atoms with E-state index in [2.05, 4.69) is 168 Å². The molecule has 0 spiro atoms. The van der Waals surface area contributed by atoms with Crippen LogP contribution in [0.1, 0.15) is 0 Å². The number of benzene rings is 8. The van der Waals surface area contributed by atoms with Gasteiger partial charge in [0.2, 0.25) is 0 Å². The van der Waals surface area contributed by atoms with Gasteiger partial charge in [0.25, 0.3) is 0 Å². The Kier molecular flexibility index (Phi) is 6.82. The van der Waals surface area contributed by atoms with E-state index in [0.29, 0.717) is 5.82 Å². The summed E-state index contributed by atoms with van der Waals surface area (Å²) in [5, 5.41) is 5.47. The van der Waals surface area contributed by atoms with E-state index in [1.54, 1.807) is 0 Å². The molecule has 4 heteroatoms. The molecule has 0 fully saturated rings. The quantitative estimate of drug-likeness (QED) is 0.181. The summed E-state index contributed by atoms with van der Waals surface area (Å²) < 4.78 is 9.22. The van der Waals surface area contributed by atoms with Crippen molar-refractivity contribution in [2.45, 2.75) is 0 Å². The largest absolute Gasteiger partial charge is 0.454 e. The average molecular weight is 690 g/mol. The monoisotopic (exact) mass is 689 g/mol. The van der Waals surface area contributed by atoms with E-state index in [1.165, 1.54) is 33.0 Å². The number of nitrogens with zero attached hydrogens (tertiary/aromatic N) is 3. The van der Waals surface area contributed by atoms with Gasteiger partial charge in [-0.15, -0.1) is 0 Å². The molecule has 8 aromatic carbocycles. The van der Waals surface area contributed by atoms with Crippen LogP contribution in [0.5, 0.6) is 0 Å².